The van der Waals surface area contributed by atoms with Crippen molar-refractivity contribution in [1.29, 1.82) is 0 Å². The van der Waals surface area contributed by atoms with Crippen LogP contribution in [0.5, 0.6) is 0 Å². The molecule has 4 fully saturated rings. The number of hydrogen-bond acceptors (Lipinski definition) is 0. The molecule has 0 aromatic heterocycles. The molecule has 6 aliphatic carbocycles. The van der Waals surface area contributed by atoms with Gasteiger partial charge in [0.05, 0.1) is 0 Å². The molecule has 0 radical (unpaired) electrons. The van der Waals surface area contributed by atoms with Crippen LogP contribution in [0.25, 0.3) is 21.9 Å². The second-order valence-corrected chi connectivity index (χ2v) is 20.6. The SMILES string of the molecule is CC1=[C](/[Zr+2](=[CH]/c2cccc3ccccc23)[CH]2c3ccccc3-c3ccccc32)C(C)C=C1CC12CC3CC(CC(C3)C1)C2.[Cl-].[Cl-]. The van der Waals surface area contributed by atoms with Gasteiger partial charge in [0.15, 0.2) is 0 Å². The molecule has 3 heteroatoms. The predicted molar refractivity (Wildman–Crippen MR) is 178 cm³/mol. The molecule has 1 atom stereocenters. The summed E-state index contributed by atoms with van der Waals surface area (Å²) in [5.41, 5.74) is 11.6. The van der Waals surface area contributed by atoms with Gasteiger partial charge in [-0.2, -0.15) is 0 Å². The Morgan fingerprint density at radius 3 is 1.91 bits per heavy atom. The van der Waals surface area contributed by atoms with Gasteiger partial charge < -0.3 is 24.8 Å². The van der Waals surface area contributed by atoms with Crippen LogP contribution in [0, 0.1) is 29.1 Å². The molecule has 0 N–H and O–H groups in total. The van der Waals surface area contributed by atoms with Crippen LogP contribution in [-0.2, 0) is 21.3 Å². The van der Waals surface area contributed by atoms with Gasteiger partial charge in [-0.25, -0.2) is 0 Å². The third-order valence-corrected chi connectivity index (χ3v) is 20.3. The zero-order valence-electron chi connectivity index (χ0n) is 26.4. The van der Waals surface area contributed by atoms with Crippen molar-refractivity contribution in [2.24, 2.45) is 29.1 Å². The van der Waals surface area contributed by atoms with Crippen LogP contribution in [0.2, 0.25) is 0 Å². The average Bonchev–Trinajstić information content (AvgIpc) is 3.48. The fourth-order valence-electron chi connectivity index (χ4n) is 11.0. The number of allylic oxidation sites excluding steroid dienone is 4. The molecule has 4 bridgehead atoms. The maximum atomic E-state index is 2.85. The predicted octanol–water partition coefficient (Wildman–Crippen LogP) is 4.84. The number of fused-ring (bicyclic) bond motifs is 4. The number of hydrogen-bond donors (Lipinski definition) is 0. The van der Waals surface area contributed by atoms with E-state index in [0.717, 1.165) is 17.8 Å². The Balaban J connectivity index is 0.00000163. The van der Waals surface area contributed by atoms with Crippen molar-refractivity contribution in [1.82, 2.24) is 0 Å². The van der Waals surface area contributed by atoms with E-state index in [2.05, 4.69) is 115 Å². The van der Waals surface area contributed by atoms with Crippen molar-refractivity contribution >= 4 is 14.5 Å². The van der Waals surface area contributed by atoms with Gasteiger partial charge >= 0.3 is 267 Å². The summed E-state index contributed by atoms with van der Waals surface area (Å²) in [6.45, 7) is 5.07. The van der Waals surface area contributed by atoms with Gasteiger partial charge in [0.1, 0.15) is 0 Å². The molecule has 4 aromatic rings. The maximum Gasteiger partial charge on any atom is -1.00 e. The van der Waals surface area contributed by atoms with Gasteiger partial charge in [0.2, 0.25) is 0 Å². The molecule has 10 rings (SSSR count). The Labute approximate surface area is 289 Å². The minimum atomic E-state index is -2.52. The fraction of sp³-hybridized carbons (Fsp3) is 0.357. The molecule has 4 aromatic carbocycles. The minimum absolute atomic E-state index is 0. The van der Waals surface area contributed by atoms with E-state index in [9.17, 15) is 0 Å². The van der Waals surface area contributed by atoms with Gasteiger partial charge in [0.25, 0.3) is 0 Å². The molecular formula is C42H42Cl2Zr. The van der Waals surface area contributed by atoms with Crippen LogP contribution in [0.15, 0.2) is 111 Å². The van der Waals surface area contributed by atoms with Gasteiger partial charge in [0, 0.05) is 0 Å². The van der Waals surface area contributed by atoms with Crippen LogP contribution in [0.3, 0.4) is 0 Å². The molecular weight excluding hydrogens is 667 g/mol. The monoisotopic (exact) mass is 706 g/mol. The van der Waals surface area contributed by atoms with Crippen molar-refractivity contribution in [3.05, 3.63) is 128 Å². The van der Waals surface area contributed by atoms with E-state index in [1.165, 1.54) is 72.4 Å². The van der Waals surface area contributed by atoms with E-state index >= 15 is 0 Å². The second kappa shape index (κ2) is 12.2. The quantitative estimate of drug-likeness (QED) is 0.279. The second-order valence-electron chi connectivity index (χ2n) is 14.9. The Morgan fingerprint density at radius 2 is 1.27 bits per heavy atom. The maximum absolute atomic E-state index is 2.85. The first kappa shape index (κ1) is 31.5. The molecule has 0 heterocycles. The third-order valence-electron chi connectivity index (χ3n) is 12.1. The van der Waals surface area contributed by atoms with Crippen LogP contribution in [0.4, 0.5) is 0 Å². The zero-order valence-corrected chi connectivity index (χ0v) is 30.4. The Kier molecular flexibility index (Phi) is 8.55. The first-order chi connectivity index (χ1) is 21.1. The normalized spacial score (nSPS) is 27.6. The van der Waals surface area contributed by atoms with Gasteiger partial charge in [-0.15, -0.1) is 0 Å². The Bertz CT molecular complexity index is 1790. The Morgan fingerprint density at radius 1 is 0.711 bits per heavy atom. The molecule has 1 unspecified atom stereocenters. The largest absolute Gasteiger partial charge is 1.00 e. The summed E-state index contributed by atoms with van der Waals surface area (Å²) in [6, 6.07) is 34.7. The summed E-state index contributed by atoms with van der Waals surface area (Å²) in [4.78, 5) is 0. The average molecular weight is 709 g/mol. The topological polar surface area (TPSA) is 0 Å². The van der Waals surface area contributed by atoms with Crippen LogP contribution >= 0.6 is 0 Å². The van der Waals surface area contributed by atoms with Crippen molar-refractivity contribution in [2.45, 2.75) is 62.4 Å². The molecule has 6 aliphatic rings. The molecule has 0 nitrogen and oxygen atoms in total. The standard InChI is InChI=1S/C18H25.C13H9.C11H8.2ClH.Zr/c1-12-3-13(2)17(4-12)11-18-8-14-5-15(9-18)7-16(6-14)10-18;1-3-7-12-10(5-1)9-11-6-2-4-8-13(11)12;1-9-5-4-7-10-6-2-3-8-11(9)10;;;/h4,12,14-16H,5-11H2,1-2H3;1-9H;1-8H;2*1H;/q;;;;;+2/p-2. The van der Waals surface area contributed by atoms with E-state index in [1.807, 2.05) is 3.28 Å². The van der Waals surface area contributed by atoms with Crippen molar-refractivity contribution in [2.75, 3.05) is 0 Å². The number of halogens is 2. The smallest absolute Gasteiger partial charge is 1.00 e. The summed E-state index contributed by atoms with van der Waals surface area (Å²) in [6.07, 6.45) is 13.2. The fourth-order valence-corrected chi connectivity index (χ4v) is 19.8. The summed E-state index contributed by atoms with van der Waals surface area (Å²) >= 11 is -2.52. The van der Waals surface area contributed by atoms with Crippen molar-refractivity contribution in [3.63, 3.8) is 0 Å². The van der Waals surface area contributed by atoms with Crippen LogP contribution in [0.1, 0.15) is 79.1 Å². The molecule has 0 aliphatic heterocycles. The van der Waals surface area contributed by atoms with E-state index in [1.54, 1.807) is 22.3 Å². The summed E-state index contributed by atoms with van der Waals surface area (Å²) in [5, 5.41) is 2.77. The zero-order chi connectivity index (χ0) is 28.7. The summed E-state index contributed by atoms with van der Waals surface area (Å²) in [5.74, 6) is 3.61. The van der Waals surface area contributed by atoms with Crippen LogP contribution in [-0.4, -0.2) is 3.71 Å². The first-order valence-electron chi connectivity index (χ1n) is 16.8. The summed E-state index contributed by atoms with van der Waals surface area (Å²) < 4.78 is 5.23. The molecule has 45 heavy (non-hydrogen) atoms. The molecule has 0 amide bonds. The first-order valence-corrected chi connectivity index (χ1v) is 20.9. The van der Waals surface area contributed by atoms with E-state index in [0.29, 0.717) is 15.0 Å². The molecule has 4 saturated carbocycles. The van der Waals surface area contributed by atoms with E-state index < -0.39 is 21.3 Å². The van der Waals surface area contributed by atoms with Crippen LogP contribution < -0.4 is 24.8 Å². The molecule has 0 saturated heterocycles. The Hall–Kier alpha value is -2.05. The molecule has 228 valence electrons. The van der Waals surface area contributed by atoms with Crippen molar-refractivity contribution in [3.8, 4) is 11.1 Å². The van der Waals surface area contributed by atoms with Gasteiger partial charge in [-0.1, -0.05) is 0 Å². The molecule has 0 spiro atoms. The van der Waals surface area contributed by atoms with E-state index in [4.69, 9.17) is 0 Å². The minimum Gasteiger partial charge on any atom is -1.00 e. The van der Waals surface area contributed by atoms with Gasteiger partial charge in [-0.05, 0) is 0 Å². The van der Waals surface area contributed by atoms with Gasteiger partial charge in [-0.3, -0.25) is 0 Å². The van der Waals surface area contributed by atoms with E-state index in [-0.39, 0.29) is 24.8 Å². The third kappa shape index (κ3) is 5.25. The number of benzene rings is 4. The number of rotatable bonds is 5. The summed E-state index contributed by atoms with van der Waals surface area (Å²) in [7, 11) is 0. The van der Waals surface area contributed by atoms with Crippen molar-refractivity contribution < 1.29 is 46.1 Å².